The quantitative estimate of drug-likeness (QED) is 0.565. The van der Waals surface area contributed by atoms with Gasteiger partial charge >= 0.3 is 6.01 Å². The van der Waals surface area contributed by atoms with Crippen LogP contribution in [-0.4, -0.2) is 16.1 Å². The highest BCUT2D eigenvalue weighted by molar-refractivity contribution is 6.12. The Balaban J connectivity index is 1.49. The van der Waals surface area contributed by atoms with Crippen LogP contribution in [0, 0.1) is 0 Å². The Kier molecular flexibility index (Phi) is 4.66. The van der Waals surface area contributed by atoms with Crippen LogP contribution in [0.2, 0.25) is 0 Å². The van der Waals surface area contributed by atoms with E-state index in [1.807, 2.05) is 36.4 Å². The van der Waals surface area contributed by atoms with E-state index in [1.165, 1.54) is 5.56 Å². The highest BCUT2D eigenvalue weighted by Gasteiger charge is 2.14. The Morgan fingerprint density at radius 2 is 1.67 bits per heavy atom. The molecule has 0 bridgehead atoms. The number of anilines is 1. The van der Waals surface area contributed by atoms with E-state index >= 15 is 0 Å². The summed E-state index contributed by atoms with van der Waals surface area (Å²) < 4.78 is 5.59. The molecule has 0 saturated carbocycles. The van der Waals surface area contributed by atoms with Crippen LogP contribution in [0.5, 0.6) is 0 Å². The standard InChI is InChI=1S/C22H19N3O2/c1-2-15-10-12-16(13-11-15)14-20-24-25-22(27-20)23-21(26)19-9-5-7-17-6-3-4-8-18(17)19/h3-13H,2,14H2,1H3,(H,23,25,26). The SMILES string of the molecule is CCc1ccc(Cc2nnc(NC(=O)c3cccc4ccccc34)o2)cc1. The topological polar surface area (TPSA) is 68.0 Å². The number of rotatable bonds is 5. The maximum atomic E-state index is 12.6. The number of hydrogen-bond acceptors (Lipinski definition) is 4. The first-order valence-corrected chi connectivity index (χ1v) is 8.92. The van der Waals surface area contributed by atoms with Crippen LogP contribution >= 0.6 is 0 Å². The first-order chi connectivity index (χ1) is 13.2. The fourth-order valence-corrected chi connectivity index (χ4v) is 3.03. The summed E-state index contributed by atoms with van der Waals surface area (Å²) in [6, 6.07) is 21.8. The van der Waals surface area contributed by atoms with Gasteiger partial charge in [-0.1, -0.05) is 72.7 Å². The maximum Gasteiger partial charge on any atom is 0.322 e. The van der Waals surface area contributed by atoms with E-state index in [4.69, 9.17) is 4.42 Å². The molecule has 27 heavy (non-hydrogen) atoms. The molecule has 0 aliphatic carbocycles. The van der Waals surface area contributed by atoms with Gasteiger partial charge < -0.3 is 4.42 Å². The lowest BCUT2D eigenvalue weighted by Gasteiger charge is -2.05. The van der Waals surface area contributed by atoms with E-state index in [1.54, 1.807) is 6.07 Å². The highest BCUT2D eigenvalue weighted by atomic mass is 16.4. The molecular formula is C22H19N3O2. The van der Waals surface area contributed by atoms with Gasteiger partial charge in [0.15, 0.2) is 0 Å². The Hall–Kier alpha value is -3.47. The normalized spacial score (nSPS) is 10.9. The molecule has 5 heteroatoms. The molecule has 0 aliphatic heterocycles. The van der Waals surface area contributed by atoms with Crippen LogP contribution < -0.4 is 5.32 Å². The van der Waals surface area contributed by atoms with Gasteiger partial charge in [-0.3, -0.25) is 10.1 Å². The van der Waals surface area contributed by atoms with Crippen LogP contribution in [0.4, 0.5) is 6.01 Å². The Bertz CT molecular complexity index is 1080. The number of aromatic nitrogens is 2. The Labute approximate surface area is 157 Å². The molecule has 4 rings (SSSR count). The van der Waals surface area contributed by atoms with Gasteiger partial charge in [-0.25, -0.2) is 0 Å². The Morgan fingerprint density at radius 1 is 0.926 bits per heavy atom. The maximum absolute atomic E-state index is 12.6. The molecule has 1 aromatic heterocycles. The van der Waals surface area contributed by atoms with E-state index in [9.17, 15) is 4.79 Å². The second kappa shape index (κ2) is 7.41. The minimum absolute atomic E-state index is 0.105. The van der Waals surface area contributed by atoms with E-state index < -0.39 is 0 Å². The number of carbonyl (C=O) groups is 1. The fourth-order valence-electron chi connectivity index (χ4n) is 3.03. The summed E-state index contributed by atoms with van der Waals surface area (Å²) in [6.07, 6.45) is 1.53. The van der Waals surface area contributed by atoms with E-state index in [-0.39, 0.29) is 11.9 Å². The number of fused-ring (bicyclic) bond motifs is 1. The molecule has 3 aromatic carbocycles. The predicted molar refractivity (Wildman–Crippen MR) is 105 cm³/mol. The van der Waals surface area contributed by atoms with Gasteiger partial charge in [-0.2, -0.15) is 0 Å². The largest absolute Gasteiger partial charge is 0.407 e. The molecule has 0 atom stereocenters. The smallest absolute Gasteiger partial charge is 0.322 e. The van der Waals surface area contributed by atoms with Crippen LogP contribution in [0.1, 0.15) is 34.3 Å². The molecular weight excluding hydrogens is 338 g/mol. The van der Waals surface area contributed by atoms with Crippen molar-refractivity contribution in [2.24, 2.45) is 0 Å². The first-order valence-electron chi connectivity index (χ1n) is 8.92. The van der Waals surface area contributed by atoms with E-state index in [0.29, 0.717) is 17.9 Å². The van der Waals surface area contributed by atoms with Gasteiger partial charge in [-0.05, 0) is 34.4 Å². The summed E-state index contributed by atoms with van der Waals surface area (Å²) in [7, 11) is 0. The van der Waals surface area contributed by atoms with Gasteiger partial charge in [-0.15, -0.1) is 5.10 Å². The van der Waals surface area contributed by atoms with Crippen molar-refractivity contribution in [3.05, 3.63) is 89.3 Å². The molecule has 0 fully saturated rings. The summed E-state index contributed by atoms with van der Waals surface area (Å²) in [5, 5.41) is 12.6. The van der Waals surface area contributed by atoms with Crippen molar-refractivity contribution in [2.75, 3.05) is 5.32 Å². The number of nitrogens with one attached hydrogen (secondary N) is 1. The summed E-state index contributed by atoms with van der Waals surface area (Å²) >= 11 is 0. The second-order valence-corrected chi connectivity index (χ2v) is 6.33. The number of amides is 1. The third-order valence-electron chi connectivity index (χ3n) is 4.51. The summed E-state index contributed by atoms with van der Waals surface area (Å²) in [4.78, 5) is 12.6. The summed E-state index contributed by atoms with van der Waals surface area (Å²) in [6.45, 7) is 2.12. The van der Waals surface area contributed by atoms with Crippen LogP contribution in [-0.2, 0) is 12.8 Å². The van der Waals surface area contributed by atoms with Crippen molar-refractivity contribution >= 4 is 22.7 Å². The van der Waals surface area contributed by atoms with Crippen molar-refractivity contribution in [1.82, 2.24) is 10.2 Å². The number of benzene rings is 3. The fraction of sp³-hybridized carbons (Fsp3) is 0.136. The third kappa shape index (κ3) is 3.72. The average Bonchev–Trinajstić information content (AvgIpc) is 3.14. The zero-order chi connectivity index (χ0) is 18.6. The summed E-state index contributed by atoms with van der Waals surface area (Å²) in [5.41, 5.74) is 2.94. The van der Waals surface area contributed by atoms with Crippen LogP contribution in [0.3, 0.4) is 0 Å². The molecule has 1 amide bonds. The lowest BCUT2D eigenvalue weighted by molar-refractivity contribution is 0.102. The van der Waals surface area contributed by atoms with Gasteiger partial charge in [0.25, 0.3) is 5.91 Å². The molecule has 0 saturated heterocycles. The van der Waals surface area contributed by atoms with Gasteiger partial charge in [0.2, 0.25) is 5.89 Å². The van der Waals surface area contributed by atoms with E-state index in [2.05, 4.69) is 46.7 Å². The molecule has 0 aliphatic rings. The average molecular weight is 357 g/mol. The first kappa shape index (κ1) is 17.0. The van der Waals surface area contributed by atoms with Crippen LogP contribution in [0.15, 0.2) is 71.1 Å². The molecule has 4 aromatic rings. The number of carbonyl (C=O) groups excluding carboxylic acids is 1. The molecule has 0 spiro atoms. The zero-order valence-electron chi connectivity index (χ0n) is 15.0. The van der Waals surface area contributed by atoms with Crippen molar-refractivity contribution in [3.63, 3.8) is 0 Å². The Morgan fingerprint density at radius 3 is 2.48 bits per heavy atom. The number of aryl methyl sites for hydroxylation is 1. The van der Waals surface area contributed by atoms with Crippen molar-refractivity contribution in [2.45, 2.75) is 19.8 Å². The minimum atomic E-state index is -0.269. The molecule has 0 radical (unpaired) electrons. The lowest BCUT2D eigenvalue weighted by atomic mass is 10.0. The second-order valence-electron chi connectivity index (χ2n) is 6.33. The number of hydrogen-bond donors (Lipinski definition) is 1. The van der Waals surface area contributed by atoms with Crippen molar-refractivity contribution in [1.29, 1.82) is 0 Å². The monoisotopic (exact) mass is 357 g/mol. The van der Waals surface area contributed by atoms with Gasteiger partial charge in [0.1, 0.15) is 0 Å². The lowest BCUT2D eigenvalue weighted by Crippen LogP contribution is -2.12. The molecule has 1 N–H and O–H groups in total. The van der Waals surface area contributed by atoms with Crippen LogP contribution in [0.25, 0.3) is 10.8 Å². The highest BCUT2D eigenvalue weighted by Crippen LogP contribution is 2.20. The molecule has 5 nitrogen and oxygen atoms in total. The van der Waals surface area contributed by atoms with E-state index in [0.717, 1.165) is 22.8 Å². The predicted octanol–water partition coefficient (Wildman–Crippen LogP) is 4.63. The summed E-state index contributed by atoms with van der Waals surface area (Å²) in [5.74, 6) is 0.196. The molecule has 134 valence electrons. The van der Waals surface area contributed by atoms with Crippen molar-refractivity contribution < 1.29 is 9.21 Å². The molecule has 1 heterocycles. The van der Waals surface area contributed by atoms with Gasteiger partial charge in [0, 0.05) is 5.56 Å². The minimum Gasteiger partial charge on any atom is -0.407 e. The number of nitrogens with zero attached hydrogens (tertiary/aromatic N) is 2. The van der Waals surface area contributed by atoms with Crippen molar-refractivity contribution in [3.8, 4) is 0 Å². The zero-order valence-corrected chi connectivity index (χ0v) is 15.0. The molecule has 0 unspecified atom stereocenters. The third-order valence-corrected chi connectivity index (χ3v) is 4.51. The van der Waals surface area contributed by atoms with Gasteiger partial charge in [0.05, 0.1) is 6.42 Å².